The number of amides is 4. The molecule has 4 amide bonds. The third-order valence-corrected chi connectivity index (χ3v) is 30.6. The molecule has 534 valence electrons. The standard InChI is InChI=1S/C21H27NO3S2.C21H27NO2S2.C19H25NO2S3.C15H23NO2S2/c1-4-5-6-7-8-9-14-25-18-12-10-17(11-13-18)22-21(23)19-15(2)26-16(3)20(19)27(22)24;1-4-5-6-7-8-9-10-17-11-13-18(14-12-17)22-21(23)19-15(2)25-16(3)20(19)26(22)24;1-5-7-8-14(6-2)11-15-9-10-16(24-15)20-19(21)17-12(3)23-13(4)18(17)25(20)22;1-5-7-8-12(6-2)9-16-15(17)13-10(3)19-11(4)14(13)20(16)18/h10-13H,4-9,14H2,1-3H3;11-14H,4-10H2,1-3H3;9-10,14H,5-8,11H2,1-4H3;12H,5-9H2,1-4H3. The van der Waals surface area contributed by atoms with Gasteiger partial charge in [-0.3, -0.25) is 23.5 Å². The van der Waals surface area contributed by atoms with Crippen molar-refractivity contribution in [3.8, 4) is 5.75 Å². The van der Waals surface area contributed by atoms with Crippen LogP contribution in [-0.4, -0.2) is 57.9 Å². The maximum atomic E-state index is 12.9. The Kier molecular flexibility index (Phi) is 30.1. The van der Waals surface area contributed by atoms with Crippen molar-refractivity contribution in [1.29, 1.82) is 0 Å². The predicted molar refractivity (Wildman–Crippen MR) is 416 cm³/mol. The maximum absolute atomic E-state index is 12.9. The number of ether oxygens (including phenoxy) is 1. The van der Waals surface area contributed by atoms with Crippen LogP contribution in [0.25, 0.3) is 0 Å². The van der Waals surface area contributed by atoms with Crippen LogP contribution in [0.3, 0.4) is 0 Å². The average molecular weight is 1500 g/mol. The van der Waals surface area contributed by atoms with E-state index in [9.17, 15) is 36.0 Å². The van der Waals surface area contributed by atoms with Crippen LogP contribution in [0.1, 0.15) is 261 Å². The summed E-state index contributed by atoms with van der Waals surface area (Å²) in [5, 5.41) is 0.809. The Balaban J connectivity index is 0.000000168. The topological polar surface area (TPSA) is 159 Å². The summed E-state index contributed by atoms with van der Waals surface area (Å²) in [4.78, 5) is 62.8. The van der Waals surface area contributed by atoms with Crippen molar-refractivity contribution in [3.63, 3.8) is 0 Å². The number of nitrogens with zero attached hydrogens (tertiary/aromatic N) is 4. The molecule has 0 fully saturated rings. The highest BCUT2D eigenvalue weighted by Crippen LogP contribution is 2.45. The Hall–Kier alpha value is -4.78. The number of hydrogen-bond acceptors (Lipinski definition) is 14. The number of rotatable bonds is 30. The van der Waals surface area contributed by atoms with E-state index < -0.39 is 43.9 Å². The molecule has 22 heteroatoms. The van der Waals surface area contributed by atoms with E-state index in [0.29, 0.717) is 62.7 Å². The number of benzene rings is 2. The molecule has 0 radical (unpaired) electrons. The minimum atomic E-state index is -1.47. The van der Waals surface area contributed by atoms with E-state index in [-0.39, 0.29) is 23.6 Å². The van der Waals surface area contributed by atoms with Gasteiger partial charge in [0.1, 0.15) is 10.8 Å². The summed E-state index contributed by atoms with van der Waals surface area (Å²) in [7, 11) is -5.60. The van der Waals surface area contributed by atoms with Crippen molar-refractivity contribution >= 4 is 141 Å². The number of unbranched alkanes of at least 4 members (excludes halogenated alkanes) is 12. The second kappa shape index (κ2) is 37.4. The van der Waals surface area contributed by atoms with Gasteiger partial charge in [-0.25, -0.2) is 29.8 Å². The second-order valence-electron chi connectivity index (χ2n) is 25.9. The van der Waals surface area contributed by atoms with Crippen molar-refractivity contribution in [1.82, 2.24) is 4.31 Å². The molecule has 7 aromatic rings. The van der Waals surface area contributed by atoms with Crippen LogP contribution in [0.2, 0.25) is 0 Å². The van der Waals surface area contributed by atoms with Gasteiger partial charge in [0.15, 0.2) is 43.9 Å². The Morgan fingerprint density at radius 1 is 0.388 bits per heavy atom. The van der Waals surface area contributed by atoms with E-state index in [4.69, 9.17) is 4.74 Å². The molecule has 4 aliphatic rings. The van der Waals surface area contributed by atoms with E-state index in [1.807, 2.05) is 97.9 Å². The van der Waals surface area contributed by atoms with Gasteiger partial charge in [-0.05, 0) is 153 Å². The van der Waals surface area contributed by atoms with Crippen molar-refractivity contribution in [3.05, 3.63) is 132 Å². The third-order valence-electron chi connectivity index (χ3n) is 18.5. The average Bonchev–Trinajstić information content (AvgIpc) is 1.60. The zero-order valence-electron chi connectivity index (χ0n) is 60.0. The molecular weight excluding hydrogens is 1400 g/mol. The Bertz CT molecular complexity index is 3840. The SMILES string of the molecule is CCCCC(CC)CN1C(=O)c2c(C)sc(C)c2S1=O.CCCCC(CC)Cc1ccc(N2C(=O)c3c(C)sc(C)c3S2=O)s1.CCCCCCCCOc1ccc(N2C(=O)c3c(C)sc(C)c3S2=O)cc1.CCCCCCCCc1ccc(N2C(=O)c3c(C)sc(C)c3S2=O)cc1. The van der Waals surface area contributed by atoms with E-state index in [1.165, 1.54) is 144 Å². The van der Waals surface area contributed by atoms with Gasteiger partial charge >= 0.3 is 0 Å². The molecule has 0 aliphatic carbocycles. The highest BCUT2D eigenvalue weighted by atomic mass is 32.2. The van der Waals surface area contributed by atoms with Gasteiger partial charge < -0.3 is 4.74 Å². The van der Waals surface area contributed by atoms with Crippen LogP contribution in [0.5, 0.6) is 5.75 Å². The zero-order chi connectivity index (χ0) is 71.1. The first-order valence-corrected chi connectivity index (χ1v) is 43.9. The normalized spacial score (nSPS) is 17.3. The van der Waals surface area contributed by atoms with Crippen molar-refractivity contribution in [2.45, 2.75) is 258 Å². The van der Waals surface area contributed by atoms with Crippen LogP contribution < -0.4 is 17.7 Å². The molecule has 2 aromatic carbocycles. The van der Waals surface area contributed by atoms with Crippen LogP contribution in [0.15, 0.2) is 80.2 Å². The predicted octanol–water partition coefficient (Wildman–Crippen LogP) is 21.7. The molecule has 5 aromatic heterocycles. The number of hydrogen-bond donors (Lipinski definition) is 0. The molecule has 0 spiro atoms. The molecule has 11 rings (SSSR count). The fraction of sp³-hybridized carbons (Fsp3) is 0.526. The molecule has 4 aliphatic heterocycles. The lowest BCUT2D eigenvalue weighted by Crippen LogP contribution is -2.32. The van der Waals surface area contributed by atoms with Crippen LogP contribution in [0.4, 0.5) is 16.4 Å². The molecule has 0 saturated heterocycles. The first-order valence-electron chi connectivity index (χ1n) is 35.4. The van der Waals surface area contributed by atoms with E-state index in [2.05, 4.69) is 59.7 Å². The number of anilines is 3. The number of carbonyl (C=O) groups excluding carboxylic acids is 4. The quantitative estimate of drug-likeness (QED) is 0.0400. The van der Waals surface area contributed by atoms with Gasteiger partial charge in [-0.2, -0.15) is 0 Å². The first-order chi connectivity index (χ1) is 47.1. The molecule has 6 atom stereocenters. The number of aryl methyl sites for hydroxylation is 9. The second-order valence-corrected chi connectivity index (χ2v) is 37.9. The summed E-state index contributed by atoms with van der Waals surface area (Å²) < 4.78 is 62.9. The molecule has 0 bridgehead atoms. The van der Waals surface area contributed by atoms with Crippen molar-refractivity contribution in [2.75, 3.05) is 26.1 Å². The maximum Gasteiger partial charge on any atom is 0.273 e. The van der Waals surface area contributed by atoms with Gasteiger partial charge in [-0.1, -0.05) is 163 Å². The minimum absolute atomic E-state index is 0.0323. The lowest BCUT2D eigenvalue weighted by atomic mass is 9.95. The van der Waals surface area contributed by atoms with E-state index >= 15 is 0 Å². The van der Waals surface area contributed by atoms with Gasteiger partial charge in [0.25, 0.3) is 23.6 Å². The summed E-state index contributed by atoms with van der Waals surface area (Å²) in [5.41, 5.74) is 5.26. The summed E-state index contributed by atoms with van der Waals surface area (Å²) in [6.07, 6.45) is 26.7. The molecule has 0 N–H and O–H groups in total. The monoisotopic (exact) mass is 1500 g/mol. The van der Waals surface area contributed by atoms with E-state index in [1.54, 1.807) is 49.7 Å². The highest BCUT2D eigenvalue weighted by molar-refractivity contribution is 7.89. The van der Waals surface area contributed by atoms with Gasteiger partial charge in [0, 0.05) is 50.4 Å². The molecule has 9 heterocycles. The van der Waals surface area contributed by atoms with Gasteiger partial charge in [-0.15, -0.1) is 56.7 Å². The Morgan fingerprint density at radius 3 is 1.21 bits per heavy atom. The number of fused-ring (bicyclic) bond motifs is 4. The first kappa shape index (κ1) is 78.9. The third kappa shape index (κ3) is 18.3. The summed E-state index contributed by atoms with van der Waals surface area (Å²) in [6.45, 7) is 30.1. The van der Waals surface area contributed by atoms with E-state index in [0.717, 1.165) is 97.4 Å². The van der Waals surface area contributed by atoms with Crippen LogP contribution in [-0.2, 0) is 56.8 Å². The summed E-state index contributed by atoms with van der Waals surface area (Å²) in [5.74, 6) is 1.48. The molecule has 13 nitrogen and oxygen atoms in total. The van der Waals surface area contributed by atoms with Gasteiger partial charge in [0.05, 0.1) is 59.8 Å². The van der Waals surface area contributed by atoms with Crippen molar-refractivity contribution in [2.24, 2.45) is 11.8 Å². The summed E-state index contributed by atoms with van der Waals surface area (Å²) in [6, 6.07) is 19.4. The van der Waals surface area contributed by atoms with Crippen LogP contribution >= 0.6 is 56.7 Å². The Labute approximate surface area is 614 Å². The fourth-order valence-corrected chi connectivity index (χ4v) is 25.3. The van der Waals surface area contributed by atoms with Gasteiger partial charge in [0.2, 0.25) is 0 Å². The highest BCUT2D eigenvalue weighted by Gasteiger charge is 2.44. The molecule has 0 saturated carbocycles. The van der Waals surface area contributed by atoms with Crippen molar-refractivity contribution < 1.29 is 40.8 Å². The zero-order valence-corrected chi connectivity index (χ0v) is 67.4. The lowest BCUT2D eigenvalue weighted by molar-refractivity contribution is 0.0856. The Morgan fingerprint density at radius 2 is 0.776 bits per heavy atom. The molecule has 98 heavy (non-hydrogen) atoms. The smallest absolute Gasteiger partial charge is 0.273 e. The fourth-order valence-electron chi connectivity index (χ4n) is 13.0. The molecular formula is C76H102N4O9S9. The number of carbonyl (C=O) groups is 4. The summed E-state index contributed by atoms with van der Waals surface area (Å²) >= 11 is 7.85. The largest absolute Gasteiger partial charge is 0.494 e. The van der Waals surface area contributed by atoms with Crippen LogP contribution in [0, 0.1) is 67.2 Å². The minimum Gasteiger partial charge on any atom is -0.494 e. The number of thiophene rings is 5. The molecule has 6 unspecified atom stereocenters. The lowest BCUT2D eigenvalue weighted by Gasteiger charge is -2.21.